The lowest BCUT2D eigenvalue weighted by atomic mass is 9.99. The lowest BCUT2D eigenvalue weighted by Crippen LogP contribution is -2.60. The van der Waals surface area contributed by atoms with Gasteiger partial charge in [0.1, 0.15) is 24.4 Å². The third-order valence-corrected chi connectivity index (χ3v) is 12.0. The monoisotopic (exact) mass is 850 g/mol. The lowest BCUT2D eigenvalue weighted by molar-refractivity contribution is -0.302. The molecule has 0 aliphatic carbocycles. The van der Waals surface area contributed by atoms with Crippen LogP contribution in [0.1, 0.15) is 226 Å². The molecule has 1 heterocycles. The number of amides is 1. The molecule has 0 saturated carbocycles. The van der Waals surface area contributed by atoms with E-state index in [1.807, 2.05) is 6.08 Å². The maximum absolute atomic E-state index is 13.0. The van der Waals surface area contributed by atoms with Gasteiger partial charge in [-0.2, -0.15) is 0 Å². The molecule has 1 aliphatic rings. The van der Waals surface area contributed by atoms with E-state index in [1.54, 1.807) is 6.08 Å². The minimum absolute atomic E-state index is 0.178. The highest BCUT2D eigenvalue weighted by molar-refractivity contribution is 5.76. The van der Waals surface area contributed by atoms with E-state index in [4.69, 9.17) is 9.47 Å². The second-order valence-electron chi connectivity index (χ2n) is 17.6. The van der Waals surface area contributed by atoms with Crippen molar-refractivity contribution in [3.63, 3.8) is 0 Å². The molecule has 0 aromatic heterocycles. The predicted octanol–water partition coefficient (Wildman–Crippen LogP) is 11.2. The number of unbranched alkanes of at least 4 members (excludes halogenated alkanes) is 28. The first-order valence-electron chi connectivity index (χ1n) is 25.2. The fourth-order valence-corrected chi connectivity index (χ4v) is 7.89. The Bertz CT molecular complexity index is 1030. The number of aliphatic hydroxyl groups excluding tert-OH is 5. The average Bonchev–Trinajstić information content (AvgIpc) is 3.25. The topological polar surface area (TPSA) is 149 Å². The summed E-state index contributed by atoms with van der Waals surface area (Å²) in [4.78, 5) is 13.0. The van der Waals surface area contributed by atoms with E-state index < -0.39 is 49.5 Å². The highest BCUT2D eigenvalue weighted by Gasteiger charge is 2.44. The summed E-state index contributed by atoms with van der Waals surface area (Å²) >= 11 is 0. The molecule has 0 radical (unpaired) electrons. The largest absolute Gasteiger partial charge is 0.394 e. The maximum Gasteiger partial charge on any atom is 0.220 e. The second kappa shape index (κ2) is 41.4. The number of allylic oxidation sites excluding steroid dienone is 5. The van der Waals surface area contributed by atoms with E-state index in [2.05, 4.69) is 43.5 Å². The van der Waals surface area contributed by atoms with Crippen molar-refractivity contribution in [3.05, 3.63) is 36.5 Å². The van der Waals surface area contributed by atoms with Gasteiger partial charge in [-0.25, -0.2) is 0 Å². The molecule has 1 rings (SSSR count). The molecule has 1 aliphatic heterocycles. The summed E-state index contributed by atoms with van der Waals surface area (Å²) in [5.41, 5.74) is 0. The summed E-state index contributed by atoms with van der Waals surface area (Å²) in [6.45, 7) is 3.76. The van der Waals surface area contributed by atoms with Gasteiger partial charge in [0.15, 0.2) is 6.29 Å². The van der Waals surface area contributed by atoms with Crippen LogP contribution in [0.25, 0.3) is 0 Å². The molecule has 0 spiro atoms. The Kier molecular flexibility index (Phi) is 39.0. The Balaban J connectivity index is 2.23. The Labute approximate surface area is 368 Å². The molecule has 1 fully saturated rings. The number of ether oxygens (including phenoxy) is 2. The Hall–Kier alpha value is -1.59. The smallest absolute Gasteiger partial charge is 0.220 e. The van der Waals surface area contributed by atoms with Gasteiger partial charge in [-0.3, -0.25) is 4.79 Å². The molecule has 9 nitrogen and oxygen atoms in total. The van der Waals surface area contributed by atoms with Crippen LogP contribution >= 0.6 is 0 Å². The fourth-order valence-electron chi connectivity index (χ4n) is 7.89. The number of rotatable bonds is 42. The maximum atomic E-state index is 13.0. The summed E-state index contributed by atoms with van der Waals surface area (Å²) in [6.07, 6.45) is 44.8. The fraction of sp³-hybridized carbons (Fsp3) is 0.863. The summed E-state index contributed by atoms with van der Waals surface area (Å²) < 4.78 is 11.2. The van der Waals surface area contributed by atoms with Crippen LogP contribution in [-0.2, 0) is 14.3 Å². The van der Waals surface area contributed by atoms with E-state index in [0.717, 1.165) is 44.9 Å². The van der Waals surface area contributed by atoms with Crippen LogP contribution in [0.15, 0.2) is 36.5 Å². The van der Waals surface area contributed by atoms with Crippen molar-refractivity contribution >= 4 is 5.91 Å². The molecule has 0 aromatic carbocycles. The van der Waals surface area contributed by atoms with Crippen molar-refractivity contribution in [1.82, 2.24) is 5.32 Å². The number of hydrogen-bond acceptors (Lipinski definition) is 8. The van der Waals surface area contributed by atoms with E-state index in [1.165, 1.54) is 161 Å². The van der Waals surface area contributed by atoms with E-state index in [-0.39, 0.29) is 12.5 Å². The number of nitrogens with one attached hydrogen (secondary N) is 1. The molecule has 9 heteroatoms. The van der Waals surface area contributed by atoms with Gasteiger partial charge in [0.2, 0.25) is 5.91 Å². The third-order valence-electron chi connectivity index (χ3n) is 12.0. The summed E-state index contributed by atoms with van der Waals surface area (Å²) in [5, 5.41) is 54.2. The van der Waals surface area contributed by atoms with Crippen LogP contribution < -0.4 is 5.32 Å². The minimum atomic E-state index is -1.56. The number of carbonyl (C=O) groups is 1. The van der Waals surface area contributed by atoms with Crippen molar-refractivity contribution in [1.29, 1.82) is 0 Å². The van der Waals surface area contributed by atoms with Crippen LogP contribution in [0.5, 0.6) is 0 Å². The van der Waals surface area contributed by atoms with Gasteiger partial charge >= 0.3 is 0 Å². The number of aliphatic hydroxyl groups is 5. The van der Waals surface area contributed by atoms with E-state index in [9.17, 15) is 30.3 Å². The normalized spacial score (nSPS) is 20.8. The zero-order valence-electron chi connectivity index (χ0n) is 38.7. The van der Waals surface area contributed by atoms with E-state index >= 15 is 0 Å². The summed E-state index contributed by atoms with van der Waals surface area (Å²) in [6, 6.07) is -0.803. The molecule has 0 aromatic rings. The first kappa shape index (κ1) is 56.4. The van der Waals surface area contributed by atoms with E-state index in [0.29, 0.717) is 6.42 Å². The van der Waals surface area contributed by atoms with Crippen molar-refractivity contribution in [2.75, 3.05) is 13.2 Å². The molecule has 7 atom stereocenters. The first-order valence-corrected chi connectivity index (χ1v) is 25.2. The zero-order valence-corrected chi connectivity index (χ0v) is 38.7. The Morgan fingerprint density at radius 1 is 0.567 bits per heavy atom. The molecule has 6 N–H and O–H groups in total. The van der Waals surface area contributed by atoms with Gasteiger partial charge < -0.3 is 40.3 Å². The molecule has 1 saturated heterocycles. The number of hydrogen-bond donors (Lipinski definition) is 6. The van der Waals surface area contributed by atoms with Crippen LogP contribution in [0, 0.1) is 0 Å². The van der Waals surface area contributed by atoms with Crippen molar-refractivity contribution in [2.24, 2.45) is 0 Å². The summed E-state index contributed by atoms with van der Waals surface area (Å²) in [5.74, 6) is -0.178. The van der Waals surface area contributed by atoms with Gasteiger partial charge in [-0.1, -0.05) is 204 Å². The molecular weight excluding hydrogens is 755 g/mol. The zero-order chi connectivity index (χ0) is 43.7. The molecule has 60 heavy (non-hydrogen) atoms. The lowest BCUT2D eigenvalue weighted by Gasteiger charge is -2.40. The van der Waals surface area contributed by atoms with Crippen LogP contribution in [0.4, 0.5) is 0 Å². The molecule has 1 amide bonds. The third kappa shape index (κ3) is 31.3. The van der Waals surface area contributed by atoms with Crippen molar-refractivity contribution in [2.45, 2.75) is 269 Å². The van der Waals surface area contributed by atoms with Crippen molar-refractivity contribution in [3.8, 4) is 0 Å². The van der Waals surface area contributed by atoms with Gasteiger partial charge in [0.25, 0.3) is 0 Å². The molecular formula is C51H95NO8. The second-order valence-corrected chi connectivity index (χ2v) is 17.6. The van der Waals surface area contributed by atoms with Crippen LogP contribution in [-0.4, -0.2) is 87.5 Å². The molecule has 0 bridgehead atoms. The Morgan fingerprint density at radius 2 is 0.983 bits per heavy atom. The predicted molar refractivity (Wildman–Crippen MR) is 249 cm³/mol. The van der Waals surface area contributed by atoms with Crippen LogP contribution in [0.3, 0.4) is 0 Å². The SMILES string of the molecule is CCCCCCC/C=C\C/C=C\CCCCCCCCCCCCCCCC(=O)NC(COC1OC(CO)C(O)C(O)C1O)C(O)/C=C/CCCCCCCCCCCC. The number of carbonyl (C=O) groups excluding carboxylic acids is 1. The quantitative estimate of drug-likeness (QED) is 0.0263. The van der Waals surface area contributed by atoms with Crippen molar-refractivity contribution < 1.29 is 39.8 Å². The minimum Gasteiger partial charge on any atom is -0.394 e. The first-order chi connectivity index (χ1) is 29.3. The average molecular weight is 850 g/mol. The van der Waals surface area contributed by atoms with Gasteiger partial charge in [-0.05, 0) is 51.4 Å². The van der Waals surface area contributed by atoms with Crippen LogP contribution in [0.2, 0.25) is 0 Å². The highest BCUT2D eigenvalue weighted by atomic mass is 16.7. The highest BCUT2D eigenvalue weighted by Crippen LogP contribution is 2.23. The van der Waals surface area contributed by atoms with Gasteiger partial charge in [0.05, 0.1) is 25.4 Å². The molecule has 352 valence electrons. The molecule has 7 unspecified atom stereocenters. The van der Waals surface area contributed by atoms with Gasteiger partial charge in [0, 0.05) is 6.42 Å². The van der Waals surface area contributed by atoms with Gasteiger partial charge in [-0.15, -0.1) is 0 Å². The summed E-state index contributed by atoms with van der Waals surface area (Å²) in [7, 11) is 0. The Morgan fingerprint density at radius 3 is 1.43 bits per heavy atom. The standard InChI is InChI=1S/C51H95NO8/c1-3-5-7-9-11-13-15-17-18-19-20-21-22-23-24-25-26-27-28-29-31-33-35-37-39-41-47(55)52-44(43-59-51-50(58)49(57)48(56)46(42-53)60-51)45(54)40-38-36-34-32-30-16-14-12-10-8-6-4-2/h15,17,19-20,38,40,44-46,48-51,53-54,56-58H,3-14,16,18,21-37,39,41-43H2,1-2H3,(H,52,55)/b17-15-,20-19-,40-38+.